The van der Waals surface area contributed by atoms with Crippen molar-refractivity contribution in [3.8, 4) is 0 Å². The van der Waals surface area contributed by atoms with E-state index in [2.05, 4.69) is 24.4 Å². The first-order chi connectivity index (χ1) is 6.86. The molecule has 1 aromatic rings. The van der Waals surface area contributed by atoms with Crippen LogP contribution in [0.1, 0.15) is 41.1 Å². The van der Waals surface area contributed by atoms with Gasteiger partial charge >= 0.3 is 0 Å². The van der Waals surface area contributed by atoms with Crippen LogP contribution in [-0.4, -0.2) is 6.54 Å². The molecule has 0 aromatic heterocycles. The van der Waals surface area contributed by atoms with Crippen LogP contribution in [-0.2, 0) is 12.8 Å². The summed E-state index contributed by atoms with van der Waals surface area (Å²) in [5, 5.41) is 3.49. The molecular weight excluding hydrogens is 170 g/mol. The number of hydrogen-bond acceptors (Lipinski definition) is 1. The molecule has 0 amide bonds. The Balaban J connectivity index is 2.05. The van der Waals surface area contributed by atoms with Gasteiger partial charge in [0.1, 0.15) is 0 Å². The van der Waals surface area contributed by atoms with Crippen LogP contribution in [0.15, 0.2) is 12.1 Å². The molecular formula is C13H17N. The molecule has 74 valence electrons. The maximum atomic E-state index is 3.49. The molecule has 1 atom stereocenters. The van der Waals surface area contributed by atoms with Crippen LogP contribution in [0.5, 0.6) is 0 Å². The van der Waals surface area contributed by atoms with Gasteiger partial charge in [-0.3, -0.25) is 0 Å². The third-order valence-electron chi connectivity index (χ3n) is 3.81. The van der Waals surface area contributed by atoms with E-state index in [4.69, 9.17) is 0 Å². The van der Waals surface area contributed by atoms with Crippen LogP contribution in [0.4, 0.5) is 0 Å². The second-order valence-corrected chi connectivity index (χ2v) is 4.57. The highest BCUT2D eigenvalue weighted by Crippen LogP contribution is 2.32. The summed E-state index contributed by atoms with van der Waals surface area (Å²) in [6.07, 6.45) is 5.29. The predicted molar refractivity (Wildman–Crippen MR) is 58.6 cm³/mol. The smallest absolute Gasteiger partial charge is 0.0335 e. The first kappa shape index (κ1) is 8.49. The number of aryl methyl sites for hydroxylation is 1. The topological polar surface area (TPSA) is 12.0 Å². The SMILES string of the molecule is Cc1c([C@H]2CCN2)ccc2c1CCC2. The Hall–Kier alpha value is -0.820. The van der Waals surface area contributed by atoms with E-state index in [1.165, 1.54) is 32.2 Å². The van der Waals surface area contributed by atoms with Crippen molar-refractivity contribution in [2.75, 3.05) is 6.54 Å². The van der Waals surface area contributed by atoms with Crippen LogP contribution in [0.3, 0.4) is 0 Å². The molecule has 1 nitrogen and oxygen atoms in total. The summed E-state index contributed by atoms with van der Waals surface area (Å²) in [7, 11) is 0. The Labute approximate surface area is 85.5 Å². The van der Waals surface area contributed by atoms with Gasteiger partial charge in [0.05, 0.1) is 0 Å². The van der Waals surface area contributed by atoms with E-state index in [1.807, 2.05) is 0 Å². The lowest BCUT2D eigenvalue weighted by Crippen LogP contribution is -2.35. The van der Waals surface area contributed by atoms with Crippen molar-refractivity contribution in [3.05, 3.63) is 34.4 Å². The maximum absolute atomic E-state index is 3.49. The van der Waals surface area contributed by atoms with Crippen molar-refractivity contribution in [3.63, 3.8) is 0 Å². The van der Waals surface area contributed by atoms with Crippen molar-refractivity contribution in [2.24, 2.45) is 0 Å². The lowest BCUT2D eigenvalue weighted by molar-refractivity contribution is 0.381. The van der Waals surface area contributed by atoms with E-state index in [0.717, 1.165) is 0 Å². The standard InChI is InChI=1S/C13H17N/c1-9-11-4-2-3-10(11)5-6-12(9)13-7-8-14-13/h5-6,13-14H,2-4,7-8H2,1H3/t13-/m1/s1. The number of benzene rings is 1. The molecule has 1 aromatic carbocycles. The normalized spacial score (nSPS) is 24.5. The van der Waals surface area contributed by atoms with Gasteiger partial charge in [-0.05, 0) is 61.4 Å². The summed E-state index contributed by atoms with van der Waals surface area (Å²) in [6.45, 7) is 3.50. The number of hydrogen-bond donors (Lipinski definition) is 1. The zero-order chi connectivity index (χ0) is 9.54. The highest BCUT2D eigenvalue weighted by atomic mass is 15.0. The Morgan fingerprint density at radius 3 is 2.86 bits per heavy atom. The molecule has 0 saturated carbocycles. The second kappa shape index (κ2) is 3.09. The van der Waals surface area contributed by atoms with Gasteiger partial charge in [0.15, 0.2) is 0 Å². The average molecular weight is 187 g/mol. The molecule has 0 spiro atoms. The highest BCUT2D eigenvalue weighted by molar-refractivity contribution is 5.44. The maximum Gasteiger partial charge on any atom is 0.0335 e. The molecule has 1 heteroatoms. The Morgan fingerprint density at radius 2 is 2.14 bits per heavy atom. The van der Waals surface area contributed by atoms with Gasteiger partial charge in [-0.1, -0.05) is 12.1 Å². The van der Waals surface area contributed by atoms with Crippen molar-refractivity contribution in [1.82, 2.24) is 5.32 Å². The van der Waals surface area contributed by atoms with Crippen LogP contribution in [0.25, 0.3) is 0 Å². The minimum absolute atomic E-state index is 0.654. The summed E-state index contributed by atoms with van der Waals surface area (Å²) in [5.41, 5.74) is 6.37. The van der Waals surface area contributed by atoms with Gasteiger partial charge in [-0.25, -0.2) is 0 Å². The second-order valence-electron chi connectivity index (χ2n) is 4.57. The van der Waals surface area contributed by atoms with Crippen LogP contribution in [0.2, 0.25) is 0 Å². The summed E-state index contributed by atoms with van der Waals surface area (Å²) in [4.78, 5) is 0. The van der Waals surface area contributed by atoms with Crippen LogP contribution < -0.4 is 5.32 Å². The minimum atomic E-state index is 0.654. The Morgan fingerprint density at radius 1 is 1.29 bits per heavy atom. The zero-order valence-electron chi connectivity index (χ0n) is 8.77. The third kappa shape index (κ3) is 1.12. The fourth-order valence-electron chi connectivity index (χ4n) is 2.80. The average Bonchev–Trinajstić information content (AvgIpc) is 2.55. The first-order valence-electron chi connectivity index (χ1n) is 5.71. The van der Waals surface area contributed by atoms with E-state index in [9.17, 15) is 0 Å². The molecule has 0 radical (unpaired) electrons. The van der Waals surface area contributed by atoms with Crippen molar-refractivity contribution in [1.29, 1.82) is 0 Å². The van der Waals surface area contributed by atoms with Gasteiger partial charge in [-0.2, -0.15) is 0 Å². The molecule has 1 saturated heterocycles. The number of nitrogens with one attached hydrogen (secondary N) is 1. The summed E-state index contributed by atoms with van der Waals surface area (Å²) >= 11 is 0. The Kier molecular flexibility index (Phi) is 1.88. The third-order valence-corrected chi connectivity index (χ3v) is 3.81. The first-order valence-corrected chi connectivity index (χ1v) is 5.71. The predicted octanol–water partition coefficient (Wildman–Crippen LogP) is 2.52. The molecule has 1 fully saturated rings. The molecule has 3 rings (SSSR count). The van der Waals surface area contributed by atoms with Gasteiger partial charge in [0.2, 0.25) is 0 Å². The molecule has 1 N–H and O–H groups in total. The van der Waals surface area contributed by atoms with Crippen molar-refractivity contribution in [2.45, 2.75) is 38.6 Å². The van der Waals surface area contributed by atoms with E-state index in [1.54, 1.807) is 22.3 Å². The van der Waals surface area contributed by atoms with E-state index >= 15 is 0 Å². The quantitative estimate of drug-likeness (QED) is 0.712. The van der Waals surface area contributed by atoms with Gasteiger partial charge in [0, 0.05) is 6.04 Å². The fraction of sp³-hybridized carbons (Fsp3) is 0.538. The highest BCUT2D eigenvalue weighted by Gasteiger charge is 2.23. The minimum Gasteiger partial charge on any atom is -0.310 e. The van der Waals surface area contributed by atoms with E-state index < -0.39 is 0 Å². The fourth-order valence-corrected chi connectivity index (χ4v) is 2.80. The largest absolute Gasteiger partial charge is 0.310 e. The zero-order valence-corrected chi connectivity index (χ0v) is 8.77. The van der Waals surface area contributed by atoms with E-state index in [-0.39, 0.29) is 0 Å². The molecule has 1 aliphatic carbocycles. The lowest BCUT2D eigenvalue weighted by Gasteiger charge is -2.30. The lowest BCUT2D eigenvalue weighted by atomic mass is 9.90. The summed E-state index contributed by atoms with van der Waals surface area (Å²) in [6, 6.07) is 5.35. The molecule has 1 heterocycles. The van der Waals surface area contributed by atoms with Gasteiger partial charge in [-0.15, -0.1) is 0 Å². The molecule has 14 heavy (non-hydrogen) atoms. The van der Waals surface area contributed by atoms with Gasteiger partial charge in [0.25, 0.3) is 0 Å². The van der Waals surface area contributed by atoms with Crippen molar-refractivity contribution >= 4 is 0 Å². The van der Waals surface area contributed by atoms with E-state index in [0.29, 0.717) is 6.04 Å². The molecule has 0 unspecified atom stereocenters. The molecule has 0 bridgehead atoms. The van der Waals surface area contributed by atoms with Gasteiger partial charge < -0.3 is 5.32 Å². The number of fused-ring (bicyclic) bond motifs is 1. The molecule has 2 aliphatic rings. The van der Waals surface area contributed by atoms with Crippen LogP contribution in [0, 0.1) is 6.92 Å². The monoisotopic (exact) mass is 187 g/mol. The number of rotatable bonds is 1. The van der Waals surface area contributed by atoms with Crippen LogP contribution >= 0.6 is 0 Å². The summed E-state index contributed by atoms with van der Waals surface area (Å²) in [5.74, 6) is 0. The Bertz CT molecular complexity index is 364. The van der Waals surface area contributed by atoms with Crippen molar-refractivity contribution < 1.29 is 0 Å². The molecule has 1 aliphatic heterocycles. The summed E-state index contributed by atoms with van der Waals surface area (Å²) < 4.78 is 0.